The second-order valence-electron chi connectivity index (χ2n) is 5.94. The summed E-state index contributed by atoms with van der Waals surface area (Å²) in [5, 5.41) is 18.4. The predicted molar refractivity (Wildman–Crippen MR) is 89.6 cm³/mol. The number of amides is 1. The summed E-state index contributed by atoms with van der Waals surface area (Å²) in [5.41, 5.74) is 1.41. The zero-order chi connectivity index (χ0) is 19.8. The average molecular weight is 379 g/mol. The molecule has 0 radical (unpaired) electrons. The molecule has 1 amide bonds. The molecule has 0 aliphatic heterocycles. The zero-order valence-electron chi connectivity index (χ0n) is 14.7. The highest BCUT2D eigenvalue weighted by Crippen LogP contribution is 2.31. The first kappa shape index (κ1) is 18.5. The molecule has 0 fully saturated rings. The lowest BCUT2D eigenvalue weighted by molar-refractivity contribution is -0.137. The molecule has 3 rings (SSSR count). The van der Waals surface area contributed by atoms with Crippen molar-refractivity contribution >= 4 is 11.6 Å². The molecule has 2 aromatic heterocycles. The van der Waals surface area contributed by atoms with E-state index in [1.165, 1.54) is 12.1 Å². The van der Waals surface area contributed by atoms with Crippen LogP contribution in [-0.2, 0) is 24.6 Å². The third kappa shape index (κ3) is 3.96. The van der Waals surface area contributed by atoms with Gasteiger partial charge in [-0.2, -0.15) is 23.1 Å². The van der Waals surface area contributed by atoms with Crippen molar-refractivity contribution in [3.8, 4) is 11.4 Å². The Morgan fingerprint density at radius 1 is 1.22 bits per heavy atom. The van der Waals surface area contributed by atoms with Crippen LogP contribution in [0.1, 0.15) is 17.0 Å². The molecular weight excluding hydrogens is 363 g/mol. The van der Waals surface area contributed by atoms with Gasteiger partial charge in [0, 0.05) is 12.6 Å². The fraction of sp³-hybridized carbons (Fsp3) is 0.312. The Kier molecular flexibility index (Phi) is 4.68. The third-order valence-corrected chi connectivity index (χ3v) is 3.96. The summed E-state index contributed by atoms with van der Waals surface area (Å²) in [7, 11) is 1.76. The van der Waals surface area contributed by atoms with Crippen LogP contribution in [0.2, 0.25) is 0 Å². The van der Waals surface area contributed by atoms with E-state index in [1.54, 1.807) is 18.7 Å². The van der Waals surface area contributed by atoms with Crippen LogP contribution in [0.5, 0.6) is 0 Å². The summed E-state index contributed by atoms with van der Waals surface area (Å²) < 4.78 is 40.1. The van der Waals surface area contributed by atoms with Crippen molar-refractivity contribution in [3.63, 3.8) is 0 Å². The molecule has 1 aromatic carbocycles. The summed E-state index contributed by atoms with van der Waals surface area (Å²) >= 11 is 0. The first-order valence-corrected chi connectivity index (χ1v) is 7.90. The smallest absolute Gasteiger partial charge is 0.321 e. The Labute approximate surface area is 152 Å². The standard InChI is InChI=1S/C16H16F3N7O/c1-9-14(10(2)25(3)22-9)20-13(27)8-26-23-15(21-24-26)11-5-4-6-12(7-11)16(17,18)19/h4-7H,8H2,1-3H3,(H,20,27). The second-order valence-corrected chi connectivity index (χ2v) is 5.94. The highest BCUT2D eigenvalue weighted by atomic mass is 19.4. The normalized spacial score (nSPS) is 11.6. The van der Waals surface area contributed by atoms with Crippen LogP contribution < -0.4 is 5.32 Å². The number of anilines is 1. The number of benzene rings is 1. The number of halogens is 3. The number of hydrogen-bond donors (Lipinski definition) is 1. The van der Waals surface area contributed by atoms with Crippen molar-refractivity contribution in [1.82, 2.24) is 30.0 Å². The minimum Gasteiger partial charge on any atom is -0.321 e. The van der Waals surface area contributed by atoms with E-state index < -0.39 is 17.6 Å². The summed E-state index contributed by atoms with van der Waals surface area (Å²) in [4.78, 5) is 13.2. The molecule has 0 bridgehead atoms. The van der Waals surface area contributed by atoms with Gasteiger partial charge in [0.25, 0.3) is 0 Å². The number of aryl methyl sites for hydroxylation is 2. The molecule has 3 aromatic rings. The Morgan fingerprint density at radius 2 is 1.96 bits per heavy atom. The Balaban J connectivity index is 1.74. The molecular formula is C16H16F3N7O. The van der Waals surface area contributed by atoms with Crippen molar-refractivity contribution < 1.29 is 18.0 Å². The number of aromatic nitrogens is 6. The zero-order valence-corrected chi connectivity index (χ0v) is 14.7. The van der Waals surface area contributed by atoms with Gasteiger partial charge in [0.1, 0.15) is 6.54 Å². The molecule has 1 N–H and O–H groups in total. The fourth-order valence-corrected chi connectivity index (χ4v) is 2.52. The first-order chi connectivity index (χ1) is 12.6. The van der Waals surface area contributed by atoms with Gasteiger partial charge in [-0.3, -0.25) is 9.48 Å². The molecule has 8 nitrogen and oxygen atoms in total. The van der Waals surface area contributed by atoms with Gasteiger partial charge in [-0.15, -0.1) is 10.2 Å². The maximum absolute atomic E-state index is 12.8. The lowest BCUT2D eigenvalue weighted by Crippen LogP contribution is -2.21. The molecule has 0 saturated heterocycles. The van der Waals surface area contributed by atoms with E-state index in [9.17, 15) is 18.0 Å². The summed E-state index contributed by atoms with van der Waals surface area (Å²) in [6.07, 6.45) is -4.47. The molecule has 0 atom stereocenters. The number of tetrazole rings is 1. The van der Waals surface area contributed by atoms with E-state index in [0.29, 0.717) is 11.4 Å². The number of hydrogen-bond acceptors (Lipinski definition) is 5. The van der Waals surface area contributed by atoms with E-state index in [4.69, 9.17) is 0 Å². The Hall–Kier alpha value is -3.24. The average Bonchev–Trinajstić information content (AvgIpc) is 3.15. The maximum Gasteiger partial charge on any atom is 0.416 e. The van der Waals surface area contributed by atoms with Gasteiger partial charge in [0.15, 0.2) is 0 Å². The van der Waals surface area contributed by atoms with Crippen molar-refractivity contribution in [1.29, 1.82) is 0 Å². The van der Waals surface area contributed by atoms with E-state index in [1.807, 2.05) is 6.92 Å². The highest BCUT2D eigenvalue weighted by Gasteiger charge is 2.30. The maximum atomic E-state index is 12.8. The highest BCUT2D eigenvalue weighted by molar-refractivity contribution is 5.91. The van der Waals surface area contributed by atoms with Crippen LogP contribution >= 0.6 is 0 Å². The van der Waals surface area contributed by atoms with E-state index >= 15 is 0 Å². The van der Waals surface area contributed by atoms with E-state index in [0.717, 1.165) is 22.6 Å². The van der Waals surface area contributed by atoms with E-state index in [-0.39, 0.29) is 17.9 Å². The van der Waals surface area contributed by atoms with Gasteiger partial charge in [0.05, 0.1) is 22.6 Å². The number of carbonyl (C=O) groups is 1. The number of carbonyl (C=O) groups excluding carboxylic acids is 1. The van der Waals surface area contributed by atoms with Crippen molar-refractivity contribution in [2.24, 2.45) is 7.05 Å². The van der Waals surface area contributed by atoms with Crippen LogP contribution in [0.4, 0.5) is 18.9 Å². The topological polar surface area (TPSA) is 90.5 Å². The van der Waals surface area contributed by atoms with Gasteiger partial charge in [-0.1, -0.05) is 12.1 Å². The molecule has 0 spiro atoms. The van der Waals surface area contributed by atoms with Crippen LogP contribution in [0, 0.1) is 13.8 Å². The SMILES string of the molecule is Cc1nn(C)c(C)c1NC(=O)Cn1nnc(-c2cccc(C(F)(F)F)c2)n1. The van der Waals surface area contributed by atoms with Crippen LogP contribution in [0.3, 0.4) is 0 Å². The van der Waals surface area contributed by atoms with Crippen LogP contribution in [-0.4, -0.2) is 35.9 Å². The number of rotatable bonds is 4. The van der Waals surface area contributed by atoms with Crippen molar-refractivity contribution in [2.75, 3.05) is 5.32 Å². The minimum absolute atomic E-state index is 0.00244. The molecule has 0 aliphatic rings. The minimum atomic E-state index is -4.47. The third-order valence-electron chi connectivity index (χ3n) is 3.96. The van der Waals surface area contributed by atoms with Gasteiger partial charge in [-0.05, 0) is 31.2 Å². The predicted octanol–water partition coefficient (Wildman–Crippen LogP) is 2.35. The molecule has 142 valence electrons. The molecule has 27 heavy (non-hydrogen) atoms. The number of alkyl halides is 3. The molecule has 2 heterocycles. The van der Waals surface area contributed by atoms with Gasteiger partial charge >= 0.3 is 6.18 Å². The summed E-state index contributed by atoms with van der Waals surface area (Å²) in [6.45, 7) is 3.34. The Bertz CT molecular complexity index is 990. The summed E-state index contributed by atoms with van der Waals surface area (Å²) in [6, 6.07) is 4.60. The number of nitrogens with one attached hydrogen (secondary N) is 1. The van der Waals surface area contributed by atoms with Crippen molar-refractivity contribution in [3.05, 3.63) is 41.2 Å². The largest absolute Gasteiger partial charge is 0.416 e. The molecule has 0 aliphatic carbocycles. The summed E-state index contributed by atoms with van der Waals surface area (Å²) in [5.74, 6) is -0.398. The molecule has 11 heteroatoms. The van der Waals surface area contributed by atoms with E-state index in [2.05, 4.69) is 25.8 Å². The Morgan fingerprint density at radius 3 is 2.59 bits per heavy atom. The monoisotopic (exact) mass is 379 g/mol. The lowest BCUT2D eigenvalue weighted by atomic mass is 10.1. The fourth-order valence-electron chi connectivity index (χ4n) is 2.52. The van der Waals surface area contributed by atoms with Gasteiger partial charge in [0.2, 0.25) is 11.7 Å². The molecule has 0 unspecified atom stereocenters. The first-order valence-electron chi connectivity index (χ1n) is 7.90. The lowest BCUT2D eigenvalue weighted by Gasteiger charge is -2.06. The van der Waals surface area contributed by atoms with Gasteiger partial charge in [-0.25, -0.2) is 0 Å². The van der Waals surface area contributed by atoms with Crippen LogP contribution in [0.15, 0.2) is 24.3 Å². The van der Waals surface area contributed by atoms with Crippen LogP contribution in [0.25, 0.3) is 11.4 Å². The molecule has 0 saturated carbocycles. The van der Waals surface area contributed by atoms with Gasteiger partial charge < -0.3 is 5.32 Å². The van der Waals surface area contributed by atoms with Crippen molar-refractivity contribution in [2.45, 2.75) is 26.6 Å². The second kappa shape index (κ2) is 6.82. The quantitative estimate of drug-likeness (QED) is 0.752. The number of nitrogens with zero attached hydrogens (tertiary/aromatic N) is 6.